The number of methoxy groups -OCH3 is 1. The number of phenols is 1. The van der Waals surface area contributed by atoms with Crippen molar-refractivity contribution in [3.05, 3.63) is 69.9 Å². The van der Waals surface area contributed by atoms with E-state index >= 15 is 0 Å². The van der Waals surface area contributed by atoms with Crippen LogP contribution in [0.5, 0.6) is 17.2 Å². The molecule has 0 atom stereocenters. The number of benzene rings is 3. The lowest BCUT2D eigenvalue weighted by Crippen LogP contribution is -2.21. The highest BCUT2D eigenvalue weighted by Gasteiger charge is 2.15. The molecule has 158 valence electrons. The van der Waals surface area contributed by atoms with E-state index in [0.717, 1.165) is 16.8 Å². The van der Waals surface area contributed by atoms with Gasteiger partial charge in [-0.1, -0.05) is 18.2 Å². The molecule has 0 aliphatic rings. The van der Waals surface area contributed by atoms with Crippen molar-refractivity contribution in [1.82, 2.24) is 0 Å². The lowest BCUT2D eigenvalue weighted by Gasteiger charge is -2.12. The first-order valence-electron chi connectivity index (χ1n) is 9.64. The lowest BCUT2D eigenvalue weighted by atomic mass is 10.1. The highest BCUT2D eigenvalue weighted by atomic mass is 16.5. The summed E-state index contributed by atoms with van der Waals surface area (Å²) in [7, 11) is 1.50. The number of aromatic hydroxyl groups is 1. The third kappa shape index (κ3) is 3.90. The number of rotatable bonds is 5. The van der Waals surface area contributed by atoms with E-state index in [-0.39, 0.29) is 40.4 Å². The van der Waals surface area contributed by atoms with Gasteiger partial charge >= 0.3 is 0 Å². The maximum atomic E-state index is 12.8. The Bertz CT molecular complexity index is 1350. The van der Waals surface area contributed by atoms with Crippen LogP contribution in [0.3, 0.4) is 0 Å². The van der Waals surface area contributed by atoms with Crippen molar-refractivity contribution < 1.29 is 23.8 Å². The van der Waals surface area contributed by atoms with Crippen molar-refractivity contribution in [2.24, 2.45) is 0 Å². The molecule has 7 heteroatoms. The number of ether oxygens (including phenoxy) is 2. The minimum atomic E-state index is -0.382. The van der Waals surface area contributed by atoms with Gasteiger partial charge in [0.1, 0.15) is 33.8 Å². The number of hydrogen-bond acceptors (Lipinski definition) is 6. The van der Waals surface area contributed by atoms with Gasteiger partial charge < -0.3 is 24.3 Å². The number of para-hydroxylation sites is 1. The van der Waals surface area contributed by atoms with Crippen LogP contribution in [-0.2, 0) is 4.79 Å². The van der Waals surface area contributed by atoms with E-state index in [1.165, 1.54) is 19.2 Å². The summed E-state index contributed by atoms with van der Waals surface area (Å²) in [5, 5.41) is 13.6. The molecule has 1 amide bonds. The molecule has 0 fully saturated rings. The van der Waals surface area contributed by atoms with E-state index in [1.54, 1.807) is 18.2 Å². The first kappa shape index (κ1) is 20.3. The molecular weight excluding hydrogens is 398 g/mol. The zero-order chi connectivity index (χ0) is 22.1. The van der Waals surface area contributed by atoms with Crippen molar-refractivity contribution in [3.63, 3.8) is 0 Å². The van der Waals surface area contributed by atoms with E-state index < -0.39 is 0 Å². The molecule has 0 saturated heterocycles. The van der Waals surface area contributed by atoms with Gasteiger partial charge in [0.2, 0.25) is 5.43 Å². The Morgan fingerprint density at radius 2 is 1.77 bits per heavy atom. The van der Waals surface area contributed by atoms with Crippen LogP contribution in [0.15, 0.2) is 57.7 Å². The molecule has 0 bridgehead atoms. The minimum Gasteiger partial charge on any atom is -0.507 e. The van der Waals surface area contributed by atoms with Crippen LogP contribution >= 0.6 is 0 Å². The number of hydrogen-bond donors (Lipinski definition) is 2. The molecule has 0 unspecified atom stereocenters. The lowest BCUT2D eigenvalue weighted by molar-refractivity contribution is -0.118. The number of fused-ring (bicyclic) bond motifs is 2. The van der Waals surface area contributed by atoms with Crippen LogP contribution in [0.4, 0.5) is 5.69 Å². The maximum Gasteiger partial charge on any atom is 0.262 e. The van der Waals surface area contributed by atoms with Crippen molar-refractivity contribution in [3.8, 4) is 17.2 Å². The number of phenolic OH excluding ortho intramolecular Hbond substituents is 1. The van der Waals surface area contributed by atoms with Gasteiger partial charge in [-0.05, 0) is 43.2 Å². The molecular formula is C24H21NO6. The van der Waals surface area contributed by atoms with E-state index in [0.29, 0.717) is 16.7 Å². The van der Waals surface area contributed by atoms with Gasteiger partial charge in [-0.3, -0.25) is 9.59 Å². The Morgan fingerprint density at radius 3 is 2.48 bits per heavy atom. The SMILES string of the molecule is COc1ccc2oc3cc(OCC(=O)Nc4c(C)cccc4C)cc(O)c3c(=O)c2c1. The van der Waals surface area contributed by atoms with E-state index in [9.17, 15) is 14.7 Å². The fourth-order valence-electron chi connectivity index (χ4n) is 3.46. The monoisotopic (exact) mass is 419 g/mol. The van der Waals surface area contributed by atoms with Crippen LogP contribution in [0.25, 0.3) is 21.9 Å². The molecule has 0 saturated carbocycles. The minimum absolute atomic E-state index is 0.0353. The van der Waals surface area contributed by atoms with Gasteiger partial charge in [-0.25, -0.2) is 0 Å². The molecule has 1 aromatic heterocycles. The average molecular weight is 419 g/mol. The summed E-state index contributed by atoms with van der Waals surface area (Å²) in [5.74, 6) is 0.0799. The molecule has 7 nitrogen and oxygen atoms in total. The van der Waals surface area contributed by atoms with Crippen molar-refractivity contribution in [2.45, 2.75) is 13.8 Å². The van der Waals surface area contributed by atoms with E-state index in [1.807, 2.05) is 32.0 Å². The summed E-state index contributed by atoms with van der Waals surface area (Å²) in [4.78, 5) is 25.2. The van der Waals surface area contributed by atoms with E-state index in [4.69, 9.17) is 13.9 Å². The summed E-state index contributed by atoms with van der Waals surface area (Å²) in [6.07, 6.45) is 0. The Balaban J connectivity index is 1.61. The predicted octanol–water partition coefficient (Wildman–Crippen LogP) is 4.29. The number of carbonyl (C=O) groups excluding carboxylic acids is 1. The Morgan fingerprint density at radius 1 is 1.03 bits per heavy atom. The third-order valence-electron chi connectivity index (χ3n) is 5.05. The highest BCUT2D eigenvalue weighted by Crippen LogP contribution is 2.31. The predicted molar refractivity (Wildman–Crippen MR) is 118 cm³/mol. The normalized spacial score (nSPS) is 10.9. The molecule has 0 aliphatic heterocycles. The van der Waals surface area contributed by atoms with Gasteiger partial charge in [0.05, 0.1) is 12.5 Å². The first-order chi connectivity index (χ1) is 14.9. The largest absolute Gasteiger partial charge is 0.507 e. The quantitative estimate of drug-likeness (QED) is 0.468. The number of carbonyl (C=O) groups is 1. The van der Waals surface area contributed by atoms with E-state index in [2.05, 4.69) is 5.32 Å². The summed E-state index contributed by atoms with van der Waals surface area (Å²) >= 11 is 0. The van der Waals surface area contributed by atoms with Crippen molar-refractivity contribution in [2.75, 3.05) is 19.0 Å². The van der Waals surface area contributed by atoms with Gasteiger partial charge in [-0.15, -0.1) is 0 Å². The van der Waals surface area contributed by atoms with Gasteiger partial charge in [0.15, 0.2) is 6.61 Å². The molecule has 0 aliphatic carbocycles. The number of nitrogens with one attached hydrogen (secondary N) is 1. The molecule has 3 aromatic carbocycles. The number of amides is 1. The topological polar surface area (TPSA) is 98.0 Å². The van der Waals surface area contributed by atoms with Crippen LogP contribution in [0.1, 0.15) is 11.1 Å². The summed E-state index contributed by atoms with van der Waals surface area (Å²) in [5.41, 5.74) is 2.76. The standard InChI is InChI=1S/C24H21NO6/c1-13-5-4-6-14(2)23(13)25-21(27)12-30-16-10-18(26)22-20(11-16)31-19-8-7-15(29-3)9-17(19)24(22)28/h4-11,26H,12H2,1-3H3,(H,25,27). The molecule has 2 N–H and O–H groups in total. The summed E-state index contributed by atoms with van der Waals surface area (Å²) in [6.45, 7) is 3.55. The molecule has 4 rings (SSSR count). The zero-order valence-corrected chi connectivity index (χ0v) is 17.3. The summed E-state index contributed by atoms with van der Waals surface area (Å²) < 4.78 is 16.5. The van der Waals surface area contributed by atoms with Crippen molar-refractivity contribution >= 4 is 33.5 Å². The average Bonchev–Trinajstić information content (AvgIpc) is 2.74. The molecule has 0 spiro atoms. The second kappa shape index (κ2) is 8.02. The second-order valence-corrected chi connectivity index (χ2v) is 7.21. The van der Waals surface area contributed by atoms with Gasteiger partial charge in [0.25, 0.3) is 5.91 Å². The molecule has 0 radical (unpaired) electrons. The second-order valence-electron chi connectivity index (χ2n) is 7.21. The Hall–Kier alpha value is -4.00. The molecule has 4 aromatic rings. The van der Waals surface area contributed by atoms with Gasteiger partial charge in [-0.2, -0.15) is 0 Å². The first-order valence-corrected chi connectivity index (χ1v) is 9.64. The zero-order valence-electron chi connectivity index (χ0n) is 17.3. The smallest absolute Gasteiger partial charge is 0.262 e. The van der Waals surface area contributed by atoms with Crippen LogP contribution in [0.2, 0.25) is 0 Å². The van der Waals surface area contributed by atoms with Crippen LogP contribution < -0.4 is 20.2 Å². The Kier molecular flexibility index (Phi) is 5.25. The van der Waals surface area contributed by atoms with Crippen LogP contribution in [0, 0.1) is 13.8 Å². The third-order valence-corrected chi connectivity index (χ3v) is 5.05. The van der Waals surface area contributed by atoms with Crippen LogP contribution in [-0.4, -0.2) is 24.7 Å². The maximum absolute atomic E-state index is 12.8. The number of aryl methyl sites for hydroxylation is 2. The van der Waals surface area contributed by atoms with Gasteiger partial charge in [0, 0.05) is 17.8 Å². The molecule has 31 heavy (non-hydrogen) atoms. The summed E-state index contributed by atoms with van der Waals surface area (Å²) in [6, 6.07) is 13.4. The highest BCUT2D eigenvalue weighted by molar-refractivity contribution is 5.95. The fraction of sp³-hybridized carbons (Fsp3) is 0.167. The fourth-order valence-corrected chi connectivity index (χ4v) is 3.46. The number of anilines is 1. The molecule has 1 heterocycles. The van der Waals surface area contributed by atoms with Crippen molar-refractivity contribution in [1.29, 1.82) is 0 Å². The Labute approximate surface area is 177 Å².